The van der Waals surface area contributed by atoms with Crippen molar-refractivity contribution in [2.75, 3.05) is 26.3 Å². The Bertz CT molecular complexity index is 1360. The fourth-order valence-electron chi connectivity index (χ4n) is 4.82. The van der Waals surface area contributed by atoms with Crippen LogP contribution in [0.5, 0.6) is 11.5 Å². The predicted molar refractivity (Wildman–Crippen MR) is 167 cm³/mol. The number of carbonyl (C=O) groups is 2. The maximum atomic E-state index is 13.5. The smallest absolute Gasteiger partial charge is 0.260 e. The van der Waals surface area contributed by atoms with Crippen LogP contribution in [0.1, 0.15) is 33.4 Å². The molecule has 4 aromatic rings. The summed E-state index contributed by atoms with van der Waals surface area (Å²) in [4.78, 5) is 30.5. The van der Waals surface area contributed by atoms with Gasteiger partial charge in [0.05, 0.1) is 0 Å². The Balaban J connectivity index is 1.47. The molecule has 0 aliphatic carbocycles. The van der Waals surface area contributed by atoms with Gasteiger partial charge in [-0.3, -0.25) is 9.59 Å². The summed E-state index contributed by atoms with van der Waals surface area (Å²) in [7, 11) is 0. The van der Waals surface area contributed by atoms with Crippen molar-refractivity contribution in [2.45, 2.75) is 40.8 Å². The topological polar surface area (TPSA) is 59.1 Å². The maximum Gasteiger partial charge on any atom is 0.260 e. The lowest BCUT2D eigenvalue weighted by Crippen LogP contribution is -2.43. The molecule has 0 heterocycles. The number of carbonyl (C=O) groups excluding carboxylic acids is 2. The molecule has 0 radical (unpaired) electrons. The van der Waals surface area contributed by atoms with Gasteiger partial charge in [0.2, 0.25) is 0 Å². The molecule has 0 saturated heterocycles. The van der Waals surface area contributed by atoms with E-state index in [1.165, 1.54) is 0 Å². The molecule has 42 heavy (non-hydrogen) atoms. The molecule has 0 spiro atoms. The largest absolute Gasteiger partial charge is 0.484 e. The van der Waals surface area contributed by atoms with Gasteiger partial charge in [-0.2, -0.15) is 0 Å². The van der Waals surface area contributed by atoms with E-state index in [-0.39, 0.29) is 25.0 Å². The number of aryl methyl sites for hydroxylation is 4. The van der Waals surface area contributed by atoms with Gasteiger partial charge in [0, 0.05) is 26.2 Å². The van der Waals surface area contributed by atoms with Crippen LogP contribution in [0.2, 0.25) is 0 Å². The minimum Gasteiger partial charge on any atom is -0.484 e. The summed E-state index contributed by atoms with van der Waals surface area (Å²) in [5.41, 5.74) is 6.28. The third kappa shape index (κ3) is 8.96. The van der Waals surface area contributed by atoms with Crippen molar-refractivity contribution < 1.29 is 19.1 Å². The standard InChI is InChI=1S/C36H40N2O4/c1-27-15-17-33(29(3)21-27)41-25-35(39)37(23-31-11-7-5-8-12-31)19-20-38(24-32-13-9-6-10-14-32)36(40)26-42-34-18-16-28(2)22-30(34)4/h5-18,21-22H,19-20,23-26H2,1-4H3. The van der Waals surface area contributed by atoms with Gasteiger partial charge in [-0.05, 0) is 62.1 Å². The Morgan fingerprint density at radius 1 is 0.548 bits per heavy atom. The third-order valence-electron chi connectivity index (χ3n) is 7.14. The summed E-state index contributed by atoms with van der Waals surface area (Å²) in [5.74, 6) is 1.10. The lowest BCUT2D eigenvalue weighted by atomic mass is 10.1. The van der Waals surface area contributed by atoms with Crippen LogP contribution < -0.4 is 9.47 Å². The van der Waals surface area contributed by atoms with Crippen LogP contribution in [0.4, 0.5) is 0 Å². The van der Waals surface area contributed by atoms with E-state index in [1.807, 2.05) is 125 Å². The maximum absolute atomic E-state index is 13.5. The average molecular weight is 565 g/mol. The lowest BCUT2D eigenvalue weighted by Gasteiger charge is -2.28. The van der Waals surface area contributed by atoms with Gasteiger partial charge in [-0.1, -0.05) is 96.1 Å². The van der Waals surface area contributed by atoms with Crippen LogP contribution >= 0.6 is 0 Å². The fraction of sp³-hybridized carbons (Fsp3) is 0.278. The zero-order valence-corrected chi connectivity index (χ0v) is 25.0. The Labute approximate surface area is 249 Å². The number of hydrogen-bond donors (Lipinski definition) is 0. The van der Waals surface area contributed by atoms with Crippen LogP contribution in [-0.2, 0) is 22.7 Å². The molecule has 0 aliphatic rings. The third-order valence-corrected chi connectivity index (χ3v) is 7.14. The van der Waals surface area contributed by atoms with E-state index in [0.29, 0.717) is 37.7 Å². The number of hydrogen-bond acceptors (Lipinski definition) is 4. The normalized spacial score (nSPS) is 10.7. The first-order valence-electron chi connectivity index (χ1n) is 14.3. The van der Waals surface area contributed by atoms with Gasteiger partial charge in [-0.15, -0.1) is 0 Å². The Hall–Kier alpha value is -4.58. The molecule has 0 aliphatic heterocycles. The number of amides is 2. The first-order chi connectivity index (χ1) is 20.3. The predicted octanol–water partition coefficient (Wildman–Crippen LogP) is 6.44. The van der Waals surface area contributed by atoms with E-state index in [9.17, 15) is 9.59 Å². The van der Waals surface area contributed by atoms with Crippen molar-refractivity contribution in [1.29, 1.82) is 0 Å². The van der Waals surface area contributed by atoms with Crippen molar-refractivity contribution in [3.63, 3.8) is 0 Å². The van der Waals surface area contributed by atoms with Gasteiger partial charge < -0.3 is 19.3 Å². The summed E-state index contributed by atoms with van der Waals surface area (Å²) in [5, 5.41) is 0. The Kier molecular flexibility index (Phi) is 10.8. The zero-order chi connectivity index (χ0) is 29.9. The first kappa shape index (κ1) is 30.4. The quantitative estimate of drug-likeness (QED) is 0.188. The van der Waals surface area contributed by atoms with Crippen molar-refractivity contribution in [1.82, 2.24) is 9.80 Å². The van der Waals surface area contributed by atoms with Gasteiger partial charge in [0.25, 0.3) is 11.8 Å². The van der Waals surface area contributed by atoms with Crippen LogP contribution in [0.3, 0.4) is 0 Å². The summed E-state index contributed by atoms with van der Waals surface area (Å²) >= 11 is 0. The molecule has 2 amide bonds. The van der Waals surface area contributed by atoms with Crippen molar-refractivity contribution in [2.24, 2.45) is 0 Å². The van der Waals surface area contributed by atoms with Gasteiger partial charge >= 0.3 is 0 Å². The summed E-state index contributed by atoms with van der Waals surface area (Å²) in [6.07, 6.45) is 0. The van der Waals surface area contributed by atoms with Gasteiger partial charge in [-0.25, -0.2) is 0 Å². The van der Waals surface area contributed by atoms with Crippen LogP contribution in [-0.4, -0.2) is 47.9 Å². The first-order valence-corrected chi connectivity index (χ1v) is 14.3. The van der Waals surface area contributed by atoms with E-state index in [1.54, 1.807) is 9.80 Å². The highest BCUT2D eigenvalue weighted by molar-refractivity contribution is 5.79. The highest BCUT2D eigenvalue weighted by Crippen LogP contribution is 2.20. The number of benzene rings is 4. The summed E-state index contributed by atoms with van der Waals surface area (Å²) < 4.78 is 11.9. The molecule has 0 bridgehead atoms. The summed E-state index contributed by atoms with van der Waals surface area (Å²) in [6.45, 7) is 9.38. The zero-order valence-electron chi connectivity index (χ0n) is 25.0. The highest BCUT2D eigenvalue weighted by atomic mass is 16.5. The molecule has 0 unspecified atom stereocenters. The summed E-state index contributed by atoms with van der Waals surface area (Å²) in [6, 6.07) is 31.5. The molecule has 218 valence electrons. The second kappa shape index (κ2) is 14.9. The molecule has 4 aromatic carbocycles. The number of nitrogens with zero attached hydrogens (tertiary/aromatic N) is 2. The van der Waals surface area contributed by atoms with E-state index in [0.717, 1.165) is 33.4 Å². The molecule has 6 nitrogen and oxygen atoms in total. The Morgan fingerprint density at radius 2 is 0.929 bits per heavy atom. The van der Waals surface area contributed by atoms with Crippen LogP contribution in [0.25, 0.3) is 0 Å². The molecule has 6 heteroatoms. The van der Waals surface area contributed by atoms with E-state index >= 15 is 0 Å². The van der Waals surface area contributed by atoms with E-state index in [2.05, 4.69) is 0 Å². The SMILES string of the molecule is Cc1ccc(OCC(=O)N(CCN(Cc2ccccc2)C(=O)COc2ccc(C)cc2C)Cc2ccccc2)c(C)c1. The van der Waals surface area contributed by atoms with Crippen molar-refractivity contribution in [3.8, 4) is 11.5 Å². The van der Waals surface area contributed by atoms with E-state index < -0.39 is 0 Å². The average Bonchev–Trinajstić information content (AvgIpc) is 2.98. The second-order valence-electron chi connectivity index (χ2n) is 10.7. The lowest BCUT2D eigenvalue weighted by molar-refractivity contribution is -0.138. The Morgan fingerprint density at radius 3 is 1.29 bits per heavy atom. The minimum absolute atomic E-state index is 0.0841. The minimum atomic E-state index is -0.141. The van der Waals surface area contributed by atoms with Crippen LogP contribution in [0.15, 0.2) is 97.1 Å². The van der Waals surface area contributed by atoms with Crippen molar-refractivity contribution in [3.05, 3.63) is 130 Å². The molecule has 0 fully saturated rings. The van der Waals surface area contributed by atoms with Gasteiger partial charge in [0.15, 0.2) is 13.2 Å². The molecule has 0 N–H and O–H groups in total. The number of rotatable bonds is 13. The molecule has 0 aromatic heterocycles. The monoisotopic (exact) mass is 564 g/mol. The second-order valence-corrected chi connectivity index (χ2v) is 10.7. The van der Waals surface area contributed by atoms with Crippen molar-refractivity contribution >= 4 is 11.8 Å². The highest BCUT2D eigenvalue weighted by Gasteiger charge is 2.20. The molecule has 0 atom stereocenters. The molecule has 4 rings (SSSR count). The number of ether oxygens (including phenoxy) is 2. The van der Waals surface area contributed by atoms with Gasteiger partial charge in [0.1, 0.15) is 11.5 Å². The van der Waals surface area contributed by atoms with E-state index in [4.69, 9.17) is 9.47 Å². The van der Waals surface area contributed by atoms with Crippen LogP contribution in [0, 0.1) is 27.7 Å². The molecular weight excluding hydrogens is 524 g/mol. The fourth-order valence-corrected chi connectivity index (χ4v) is 4.82. The molecule has 0 saturated carbocycles. The molecular formula is C36H40N2O4.